The van der Waals surface area contributed by atoms with E-state index in [9.17, 15) is 0 Å². The number of thiazole rings is 1. The zero-order chi connectivity index (χ0) is 12.9. The molecule has 0 atom stereocenters. The van der Waals surface area contributed by atoms with E-state index in [2.05, 4.69) is 41.4 Å². The summed E-state index contributed by atoms with van der Waals surface area (Å²) in [6.07, 6.45) is 0. The predicted octanol–water partition coefficient (Wildman–Crippen LogP) is 2.11. The summed E-state index contributed by atoms with van der Waals surface area (Å²) in [7, 11) is 3.76. The summed E-state index contributed by atoms with van der Waals surface area (Å²) in [6, 6.07) is 0. The minimum atomic E-state index is 0.131. The Hall–Kier alpha value is -0.650. The van der Waals surface area contributed by atoms with Crippen LogP contribution in [0.5, 0.6) is 0 Å². The summed E-state index contributed by atoms with van der Waals surface area (Å²) < 4.78 is 5.06. The van der Waals surface area contributed by atoms with E-state index in [1.165, 1.54) is 0 Å². The third-order valence-electron chi connectivity index (χ3n) is 2.30. The third kappa shape index (κ3) is 5.48. The fourth-order valence-corrected chi connectivity index (χ4v) is 2.05. The lowest BCUT2D eigenvalue weighted by atomic mass is 10.1. The molecule has 0 saturated heterocycles. The Morgan fingerprint density at radius 1 is 1.47 bits per heavy atom. The topological polar surface area (TPSA) is 37.4 Å². The van der Waals surface area contributed by atoms with Crippen LogP contribution in [0.15, 0.2) is 5.38 Å². The number of nitrogens with zero attached hydrogens (tertiary/aromatic N) is 2. The second kappa shape index (κ2) is 6.33. The normalized spacial score (nSPS) is 11.8. The number of anilines is 1. The molecule has 1 aromatic heterocycles. The molecule has 17 heavy (non-hydrogen) atoms. The van der Waals surface area contributed by atoms with Gasteiger partial charge in [0.2, 0.25) is 0 Å². The van der Waals surface area contributed by atoms with E-state index in [-0.39, 0.29) is 5.54 Å². The molecule has 0 amide bonds. The Morgan fingerprint density at radius 3 is 2.76 bits per heavy atom. The van der Waals surface area contributed by atoms with Crippen LogP contribution in [0, 0.1) is 0 Å². The van der Waals surface area contributed by atoms with Crippen molar-refractivity contribution in [1.82, 2.24) is 10.3 Å². The lowest BCUT2D eigenvalue weighted by Gasteiger charge is -2.19. The van der Waals surface area contributed by atoms with Crippen LogP contribution >= 0.6 is 11.3 Å². The van der Waals surface area contributed by atoms with Crippen LogP contribution < -0.4 is 10.2 Å². The lowest BCUT2D eigenvalue weighted by molar-refractivity contribution is 0.206. The van der Waals surface area contributed by atoms with Gasteiger partial charge in [-0.2, -0.15) is 0 Å². The van der Waals surface area contributed by atoms with Crippen molar-refractivity contribution in [3.8, 4) is 0 Å². The first-order chi connectivity index (χ1) is 7.92. The Labute approximate surface area is 108 Å². The van der Waals surface area contributed by atoms with E-state index in [4.69, 9.17) is 4.74 Å². The van der Waals surface area contributed by atoms with Crippen molar-refractivity contribution in [1.29, 1.82) is 0 Å². The summed E-state index contributed by atoms with van der Waals surface area (Å²) in [5.74, 6) is 0. The smallest absolute Gasteiger partial charge is 0.185 e. The van der Waals surface area contributed by atoms with Gasteiger partial charge in [-0.3, -0.25) is 0 Å². The van der Waals surface area contributed by atoms with Gasteiger partial charge in [-0.15, -0.1) is 11.3 Å². The van der Waals surface area contributed by atoms with Crippen LogP contribution in [0.25, 0.3) is 0 Å². The van der Waals surface area contributed by atoms with Crippen molar-refractivity contribution in [2.45, 2.75) is 32.9 Å². The molecule has 0 aliphatic rings. The quantitative estimate of drug-likeness (QED) is 0.847. The molecule has 4 nitrogen and oxygen atoms in total. The molecule has 0 aliphatic heterocycles. The predicted molar refractivity (Wildman–Crippen MR) is 73.9 cm³/mol. The SMILES string of the molecule is COCCN(C)c1nc(CNC(C)(C)C)cs1. The molecule has 0 unspecified atom stereocenters. The summed E-state index contributed by atoms with van der Waals surface area (Å²) >= 11 is 1.68. The first-order valence-corrected chi connectivity index (χ1v) is 6.70. The molecule has 98 valence electrons. The molecule has 1 N–H and O–H groups in total. The maximum atomic E-state index is 5.06. The number of aromatic nitrogens is 1. The van der Waals surface area contributed by atoms with Crippen molar-refractivity contribution in [2.75, 3.05) is 32.2 Å². The van der Waals surface area contributed by atoms with Gasteiger partial charge in [0.1, 0.15) is 0 Å². The molecule has 0 bridgehead atoms. The van der Waals surface area contributed by atoms with E-state index < -0.39 is 0 Å². The molecule has 5 heteroatoms. The number of nitrogens with one attached hydrogen (secondary N) is 1. The zero-order valence-electron chi connectivity index (χ0n) is 11.4. The van der Waals surface area contributed by atoms with Gasteiger partial charge in [0, 0.05) is 38.2 Å². The summed E-state index contributed by atoms with van der Waals surface area (Å²) in [4.78, 5) is 6.71. The van der Waals surface area contributed by atoms with Crippen LogP contribution in [-0.4, -0.2) is 37.8 Å². The largest absolute Gasteiger partial charge is 0.383 e. The maximum Gasteiger partial charge on any atom is 0.185 e. The molecule has 0 radical (unpaired) electrons. The first-order valence-electron chi connectivity index (χ1n) is 5.82. The van der Waals surface area contributed by atoms with Gasteiger partial charge in [0.25, 0.3) is 0 Å². The Kier molecular flexibility index (Phi) is 5.36. The third-order valence-corrected chi connectivity index (χ3v) is 3.30. The highest BCUT2D eigenvalue weighted by atomic mass is 32.1. The second-order valence-corrected chi connectivity index (χ2v) is 5.98. The van der Waals surface area contributed by atoms with Crippen LogP contribution in [0.4, 0.5) is 5.13 Å². The molecule has 0 spiro atoms. The zero-order valence-corrected chi connectivity index (χ0v) is 12.2. The number of methoxy groups -OCH3 is 1. The molecule has 1 aromatic rings. The van der Waals surface area contributed by atoms with E-state index in [1.807, 2.05) is 7.05 Å². The average molecular weight is 257 g/mol. The summed E-state index contributed by atoms with van der Waals surface area (Å²) in [5.41, 5.74) is 1.23. The number of hydrogen-bond donors (Lipinski definition) is 1. The van der Waals surface area contributed by atoms with Crippen LogP contribution in [0.2, 0.25) is 0 Å². The minimum absolute atomic E-state index is 0.131. The van der Waals surface area contributed by atoms with Gasteiger partial charge in [-0.05, 0) is 20.8 Å². The molecular weight excluding hydrogens is 234 g/mol. The fourth-order valence-electron chi connectivity index (χ4n) is 1.23. The molecule has 1 heterocycles. The highest BCUT2D eigenvalue weighted by Gasteiger charge is 2.11. The van der Waals surface area contributed by atoms with Gasteiger partial charge in [-0.25, -0.2) is 4.98 Å². The number of rotatable bonds is 6. The van der Waals surface area contributed by atoms with E-state index in [0.717, 1.165) is 30.5 Å². The highest BCUT2D eigenvalue weighted by molar-refractivity contribution is 7.13. The van der Waals surface area contributed by atoms with Crippen LogP contribution in [-0.2, 0) is 11.3 Å². The van der Waals surface area contributed by atoms with Gasteiger partial charge in [0.15, 0.2) is 5.13 Å². The Bertz CT molecular complexity index is 333. The summed E-state index contributed by atoms with van der Waals surface area (Å²) in [5, 5.41) is 6.59. The van der Waals surface area contributed by atoms with Crippen molar-refractivity contribution in [2.24, 2.45) is 0 Å². The van der Waals surface area contributed by atoms with Gasteiger partial charge < -0.3 is 15.0 Å². The summed E-state index contributed by atoms with van der Waals surface area (Å²) in [6.45, 7) is 8.89. The average Bonchev–Trinajstić information content (AvgIpc) is 2.70. The molecular formula is C12H23N3OS. The van der Waals surface area contributed by atoms with E-state index >= 15 is 0 Å². The van der Waals surface area contributed by atoms with Crippen LogP contribution in [0.3, 0.4) is 0 Å². The van der Waals surface area contributed by atoms with Crippen molar-refractivity contribution >= 4 is 16.5 Å². The number of ether oxygens (including phenoxy) is 1. The van der Waals surface area contributed by atoms with Crippen molar-refractivity contribution < 1.29 is 4.74 Å². The molecule has 0 fully saturated rings. The first kappa shape index (κ1) is 14.4. The van der Waals surface area contributed by atoms with E-state index in [0.29, 0.717) is 0 Å². The highest BCUT2D eigenvalue weighted by Crippen LogP contribution is 2.19. The lowest BCUT2D eigenvalue weighted by Crippen LogP contribution is -2.35. The standard InChI is InChI=1S/C12H23N3OS/c1-12(2,3)13-8-10-9-17-11(14-10)15(4)6-7-16-5/h9,13H,6-8H2,1-5H3. The second-order valence-electron chi connectivity index (χ2n) is 5.14. The van der Waals surface area contributed by atoms with Gasteiger partial charge in [0.05, 0.1) is 12.3 Å². The molecule has 0 aromatic carbocycles. The molecule has 1 rings (SSSR count). The maximum absolute atomic E-state index is 5.06. The Balaban J connectivity index is 2.47. The molecule has 0 saturated carbocycles. The minimum Gasteiger partial charge on any atom is -0.383 e. The fraction of sp³-hybridized carbons (Fsp3) is 0.750. The van der Waals surface area contributed by atoms with Gasteiger partial charge >= 0.3 is 0 Å². The van der Waals surface area contributed by atoms with Crippen LogP contribution in [0.1, 0.15) is 26.5 Å². The number of likely N-dealkylation sites (N-methyl/N-ethyl adjacent to an activating group) is 1. The monoisotopic (exact) mass is 257 g/mol. The number of hydrogen-bond acceptors (Lipinski definition) is 5. The van der Waals surface area contributed by atoms with E-state index in [1.54, 1.807) is 18.4 Å². The Morgan fingerprint density at radius 2 is 2.18 bits per heavy atom. The van der Waals surface area contributed by atoms with Gasteiger partial charge in [-0.1, -0.05) is 0 Å². The van der Waals surface area contributed by atoms with Crippen molar-refractivity contribution in [3.63, 3.8) is 0 Å². The van der Waals surface area contributed by atoms with Crippen molar-refractivity contribution in [3.05, 3.63) is 11.1 Å². The molecule has 0 aliphatic carbocycles.